The molecule has 156 valence electrons. The molecule has 30 heavy (non-hydrogen) atoms. The zero-order chi connectivity index (χ0) is 20.5. The van der Waals surface area contributed by atoms with Gasteiger partial charge in [-0.25, -0.2) is 4.98 Å². The molecule has 0 amide bonds. The minimum Gasteiger partial charge on any atom is -0.383 e. The molecule has 2 aliphatic heterocycles. The standard InChI is InChI=1S/C22H26N6O2/c1-15-9-20-23-6-4-21(29)28(20)26-22(15)27-7-5-19-17(13-27)10-18(12-25-19)24-11-16-3-2-8-30-14-16/h4,6,9-10,12,16,24H,2-3,5,7-8,11,13-14H2,1H3. The lowest BCUT2D eigenvalue weighted by molar-refractivity contribution is 0.0595. The third-order valence-corrected chi connectivity index (χ3v) is 5.93. The van der Waals surface area contributed by atoms with Crippen LogP contribution in [0.25, 0.3) is 5.65 Å². The van der Waals surface area contributed by atoms with Crippen molar-refractivity contribution in [1.82, 2.24) is 19.6 Å². The van der Waals surface area contributed by atoms with Crippen LogP contribution < -0.4 is 15.8 Å². The number of fused-ring (bicyclic) bond motifs is 2. The van der Waals surface area contributed by atoms with E-state index in [0.29, 0.717) is 11.6 Å². The predicted molar refractivity (Wildman–Crippen MR) is 115 cm³/mol. The summed E-state index contributed by atoms with van der Waals surface area (Å²) >= 11 is 0. The molecule has 0 radical (unpaired) electrons. The number of anilines is 2. The lowest BCUT2D eigenvalue weighted by Gasteiger charge is -2.30. The number of aromatic nitrogens is 4. The van der Waals surface area contributed by atoms with E-state index in [1.807, 2.05) is 19.2 Å². The normalized spacial score (nSPS) is 19.0. The average molecular weight is 406 g/mol. The summed E-state index contributed by atoms with van der Waals surface area (Å²) in [5.74, 6) is 1.38. The molecule has 1 unspecified atom stereocenters. The fraction of sp³-hybridized carbons (Fsp3) is 0.455. The largest absolute Gasteiger partial charge is 0.383 e. The minimum absolute atomic E-state index is 0.168. The summed E-state index contributed by atoms with van der Waals surface area (Å²) in [6, 6.07) is 5.55. The number of aryl methyl sites for hydroxylation is 1. The second-order valence-corrected chi connectivity index (χ2v) is 8.17. The Bertz CT molecular complexity index is 1120. The van der Waals surface area contributed by atoms with Gasteiger partial charge in [0.05, 0.1) is 18.5 Å². The van der Waals surface area contributed by atoms with Crippen molar-refractivity contribution in [1.29, 1.82) is 0 Å². The molecular formula is C22H26N6O2. The third-order valence-electron chi connectivity index (χ3n) is 5.93. The average Bonchev–Trinajstić information content (AvgIpc) is 2.78. The highest BCUT2D eigenvalue weighted by Gasteiger charge is 2.22. The molecule has 0 aliphatic carbocycles. The molecule has 0 spiro atoms. The summed E-state index contributed by atoms with van der Waals surface area (Å²) < 4.78 is 6.95. The molecule has 8 heteroatoms. The van der Waals surface area contributed by atoms with Gasteiger partial charge in [0.2, 0.25) is 0 Å². The number of pyridine rings is 1. The number of ether oxygens (including phenoxy) is 1. The summed E-state index contributed by atoms with van der Waals surface area (Å²) in [5.41, 5.74) is 4.79. The van der Waals surface area contributed by atoms with Crippen molar-refractivity contribution in [3.05, 3.63) is 57.8 Å². The maximum Gasteiger partial charge on any atom is 0.274 e. The number of hydrogen-bond acceptors (Lipinski definition) is 7. The number of nitrogens with zero attached hydrogens (tertiary/aromatic N) is 5. The topological polar surface area (TPSA) is 84.7 Å². The highest BCUT2D eigenvalue weighted by atomic mass is 16.5. The van der Waals surface area contributed by atoms with Crippen molar-refractivity contribution in [2.45, 2.75) is 32.7 Å². The van der Waals surface area contributed by atoms with Crippen molar-refractivity contribution in [3.8, 4) is 0 Å². The Balaban J connectivity index is 1.36. The zero-order valence-corrected chi connectivity index (χ0v) is 17.2. The predicted octanol–water partition coefficient (Wildman–Crippen LogP) is 2.19. The Hall–Kier alpha value is -3.00. The van der Waals surface area contributed by atoms with Gasteiger partial charge in [-0.15, -0.1) is 5.10 Å². The molecule has 5 heterocycles. The summed E-state index contributed by atoms with van der Waals surface area (Å²) in [5, 5.41) is 8.14. The van der Waals surface area contributed by atoms with Gasteiger partial charge >= 0.3 is 0 Å². The van der Waals surface area contributed by atoms with Crippen LogP contribution in [0.1, 0.15) is 29.7 Å². The molecule has 8 nitrogen and oxygen atoms in total. The molecule has 0 aromatic carbocycles. The summed E-state index contributed by atoms with van der Waals surface area (Å²) in [4.78, 5) is 23.3. The molecule has 0 bridgehead atoms. The molecule has 0 saturated carbocycles. The minimum atomic E-state index is -0.168. The second-order valence-electron chi connectivity index (χ2n) is 8.17. The van der Waals surface area contributed by atoms with E-state index in [9.17, 15) is 4.79 Å². The molecule has 1 saturated heterocycles. The molecule has 1 atom stereocenters. The summed E-state index contributed by atoms with van der Waals surface area (Å²) in [7, 11) is 0. The zero-order valence-electron chi connectivity index (χ0n) is 17.2. The Kier molecular flexibility index (Phi) is 5.08. The van der Waals surface area contributed by atoms with Gasteiger partial charge < -0.3 is 15.0 Å². The molecule has 1 N–H and O–H groups in total. The fourth-order valence-corrected chi connectivity index (χ4v) is 4.29. The van der Waals surface area contributed by atoms with Crippen LogP contribution in [0.3, 0.4) is 0 Å². The second kappa shape index (κ2) is 8.02. The van der Waals surface area contributed by atoms with Gasteiger partial charge in [0.1, 0.15) is 0 Å². The Labute approximate surface area is 174 Å². The van der Waals surface area contributed by atoms with Crippen molar-refractivity contribution >= 4 is 17.2 Å². The molecule has 2 aliphatic rings. The lowest BCUT2D eigenvalue weighted by Crippen LogP contribution is -2.33. The summed E-state index contributed by atoms with van der Waals surface area (Å²) in [6.07, 6.45) is 6.66. The van der Waals surface area contributed by atoms with Crippen LogP contribution in [0, 0.1) is 12.8 Å². The van der Waals surface area contributed by atoms with Crippen LogP contribution >= 0.6 is 0 Å². The molecular weight excluding hydrogens is 380 g/mol. The Morgan fingerprint density at radius 1 is 1.30 bits per heavy atom. The van der Waals surface area contributed by atoms with E-state index in [1.54, 1.807) is 0 Å². The van der Waals surface area contributed by atoms with Gasteiger partial charge in [0, 0.05) is 50.6 Å². The molecule has 1 fully saturated rings. The lowest BCUT2D eigenvalue weighted by atomic mass is 10.0. The van der Waals surface area contributed by atoms with Crippen molar-refractivity contribution in [2.75, 3.05) is 36.5 Å². The summed E-state index contributed by atoms with van der Waals surface area (Å²) in [6.45, 7) is 6.18. The fourth-order valence-electron chi connectivity index (χ4n) is 4.29. The van der Waals surface area contributed by atoms with Gasteiger partial charge in [0.25, 0.3) is 5.56 Å². The SMILES string of the molecule is Cc1cc2nccc(=O)n2nc1N1CCc2ncc(NCC3CCCOC3)cc2C1. The van der Waals surface area contributed by atoms with E-state index in [2.05, 4.69) is 26.4 Å². The van der Waals surface area contributed by atoms with E-state index >= 15 is 0 Å². The van der Waals surface area contributed by atoms with Gasteiger partial charge in [-0.2, -0.15) is 4.52 Å². The molecule has 3 aromatic rings. The maximum atomic E-state index is 12.2. The Morgan fingerprint density at radius 2 is 2.23 bits per heavy atom. The highest BCUT2D eigenvalue weighted by molar-refractivity contribution is 5.55. The molecule has 5 rings (SSSR count). The monoisotopic (exact) mass is 406 g/mol. The first kappa shape index (κ1) is 19.0. The maximum absolute atomic E-state index is 12.2. The van der Waals surface area contributed by atoms with E-state index in [0.717, 1.165) is 68.5 Å². The van der Waals surface area contributed by atoms with Gasteiger partial charge in [-0.05, 0) is 48.9 Å². The van der Waals surface area contributed by atoms with Crippen LogP contribution in [0.15, 0.2) is 35.4 Å². The number of rotatable bonds is 4. The van der Waals surface area contributed by atoms with Gasteiger partial charge in [-0.1, -0.05) is 0 Å². The van der Waals surface area contributed by atoms with E-state index < -0.39 is 0 Å². The van der Waals surface area contributed by atoms with Crippen LogP contribution in [0.4, 0.5) is 11.5 Å². The number of hydrogen-bond donors (Lipinski definition) is 1. The van der Waals surface area contributed by atoms with Crippen molar-refractivity contribution in [3.63, 3.8) is 0 Å². The van der Waals surface area contributed by atoms with Crippen molar-refractivity contribution < 1.29 is 4.74 Å². The van der Waals surface area contributed by atoms with Gasteiger partial charge in [-0.3, -0.25) is 9.78 Å². The van der Waals surface area contributed by atoms with E-state index in [-0.39, 0.29) is 5.56 Å². The van der Waals surface area contributed by atoms with E-state index in [4.69, 9.17) is 9.72 Å². The quantitative estimate of drug-likeness (QED) is 0.711. The first-order valence-corrected chi connectivity index (χ1v) is 10.6. The van der Waals surface area contributed by atoms with Crippen molar-refractivity contribution in [2.24, 2.45) is 5.92 Å². The number of nitrogens with one attached hydrogen (secondary N) is 1. The van der Waals surface area contributed by atoms with Crippen LogP contribution in [0.5, 0.6) is 0 Å². The third kappa shape index (κ3) is 3.75. The smallest absolute Gasteiger partial charge is 0.274 e. The van der Waals surface area contributed by atoms with Crippen LogP contribution in [-0.4, -0.2) is 45.9 Å². The highest BCUT2D eigenvalue weighted by Crippen LogP contribution is 2.26. The van der Waals surface area contributed by atoms with E-state index in [1.165, 1.54) is 28.8 Å². The van der Waals surface area contributed by atoms with Crippen LogP contribution in [-0.2, 0) is 17.7 Å². The first-order valence-electron chi connectivity index (χ1n) is 10.6. The first-order chi connectivity index (χ1) is 14.7. The van der Waals surface area contributed by atoms with Crippen LogP contribution in [0.2, 0.25) is 0 Å². The molecule has 3 aromatic heterocycles. The van der Waals surface area contributed by atoms with Gasteiger partial charge in [0.15, 0.2) is 11.5 Å². The Morgan fingerprint density at radius 3 is 3.10 bits per heavy atom.